The molecule has 31 heavy (non-hydrogen) atoms. The number of phenols is 1. The number of ether oxygens (including phenoxy) is 1. The van der Waals surface area contributed by atoms with Gasteiger partial charge in [-0.2, -0.15) is 4.91 Å². The zero-order valence-corrected chi connectivity index (χ0v) is 19.3. The van der Waals surface area contributed by atoms with Crippen molar-refractivity contribution in [2.24, 2.45) is 5.18 Å². The molecule has 0 saturated heterocycles. The number of halogens is 1. The zero-order chi connectivity index (χ0) is 22.8. The molecule has 0 amide bonds. The van der Waals surface area contributed by atoms with Crippen LogP contribution in [-0.2, 0) is 17.6 Å². The van der Waals surface area contributed by atoms with Gasteiger partial charge in [-0.05, 0) is 49.1 Å². The normalized spacial score (nSPS) is 11.8. The number of thioether (sulfide) groups is 1. The monoisotopic (exact) mass is 465 g/mol. The van der Waals surface area contributed by atoms with E-state index in [1.54, 1.807) is 36.0 Å². The summed E-state index contributed by atoms with van der Waals surface area (Å²) in [5, 5.41) is 23.2. The lowest BCUT2D eigenvalue weighted by atomic mass is 9.98. The summed E-state index contributed by atoms with van der Waals surface area (Å²) >= 11 is 7.84. The fourth-order valence-electron chi connectivity index (χ4n) is 3.25. The summed E-state index contributed by atoms with van der Waals surface area (Å²) in [6.45, 7) is 4.35. The van der Waals surface area contributed by atoms with Crippen molar-refractivity contribution >= 4 is 29.3 Å². The van der Waals surface area contributed by atoms with Crippen LogP contribution in [0.1, 0.15) is 55.8 Å². The molecule has 0 aliphatic rings. The van der Waals surface area contributed by atoms with Gasteiger partial charge < -0.3 is 14.9 Å². The van der Waals surface area contributed by atoms with Gasteiger partial charge >= 0.3 is 5.97 Å². The van der Waals surface area contributed by atoms with Crippen molar-refractivity contribution in [3.8, 4) is 11.5 Å². The van der Waals surface area contributed by atoms with Crippen LogP contribution in [-0.4, -0.2) is 28.5 Å². The minimum Gasteiger partial charge on any atom is -0.507 e. The number of phenolic OH excluding ortho intramolecular Hbond substituents is 1. The first-order valence-corrected chi connectivity index (χ1v) is 11.7. The van der Waals surface area contributed by atoms with E-state index >= 15 is 0 Å². The highest BCUT2D eigenvalue weighted by Gasteiger charge is 2.19. The molecule has 0 bridgehead atoms. The van der Waals surface area contributed by atoms with Gasteiger partial charge in [0.2, 0.25) is 0 Å². The van der Waals surface area contributed by atoms with Gasteiger partial charge in [0.25, 0.3) is 0 Å². The number of carboxylic acid groups (broad SMARTS) is 1. The van der Waals surface area contributed by atoms with Gasteiger partial charge in [0, 0.05) is 21.8 Å². The molecule has 0 fully saturated rings. The summed E-state index contributed by atoms with van der Waals surface area (Å²) in [5.41, 5.74) is 1.93. The van der Waals surface area contributed by atoms with Crippen molar-refractivity contribution in [2.75, 3.05) is 12.4 Å². The SMILES string of the molecule is CCCc1c(OCCCSc2ccc(CC(=O)O)cc2Cl)ccc(C(CC)N=O)c1O. The standard InChI is InChI=1S/C23H28ClNO5S/c1-3-6-17-20(9-8-16(23(17)28)19(4-2)25-29)30-11-5-12-31-21-10-7-15(13-18(21)24)14-22(26)27/h7-10,13,19,28H,3-6,11-12,14H2,1-2H3,(H,26,27). The highest BCUT2D eigenvalue weighted by atomic mass is 35.5. The molecular formula is C23H28ClNO5S. The molecule has 2 aromatic rings. The molecule has 0 aliphatic heterocycles. The molecule has 1 unspecified atom stereocenters. The van der Waals surface area contributed by atoms with Gasteiger partial charge in [-0.15, -0.1) is 11.8 Å². The first kappa shape index (κ1) is 25.0. The fraction of sp³-hybridized carbons (Fsp3) is 0.435. The predicted molar refractivity (Wildman–Crippen MR) is 125 cm³/mol. The Balaban J connectivity index is 1.94. The van der Waals surface area contributed by atoms with Crippen LogP contribution in [0.15, 0.2) is 40.4 Å². The summed E-state index contributed by atoms with van der Waals surface area (Å²) in [6.07, 6.45) is 2.73. The number of hydrogen-bond acceptors (Lipinski definition) is 6. The molecular weight excluding hydrogens is 438 g/mol. The van der Waals surface area contributed by atoms with Gasteiger partial charge in [0.15, 0.2) is 0 Å². The molecule has 2 rings (SSSR count). The molecule has 8 heteroatoms. The lowest BCUT2D eigenvalue weighted by molar-refractivity contribution is -0.136. The third kappa shape index (κ3) is 7.14. The van der Waals surface area contributed by atoms with Gasteiger partial charge in [0.1, 0.15) is 17.5 Å². The topological polar surface area (TPSA) is 96.2 Å². The third-order valence-corrected chi connectivity index (χ3v) is 6.38. The number of carboxylic acids is 1. The smallest absolute Gasteiger partial charge is 0.307 e. The molecule has 1 atom stereocenters. The lowest BCUT2D eigenvalue weighted by Gasteiger charge is -2.17. The van der Waals surface area contributed by atoms with Crippen LogP contribution in [0, 0.1) is 4.91 Å². The van der Waals surface area contributed by atoms with Crippen molar-refractivity contribution in [1.29, 1.82) is 0 Å². The zero-order valence-electron chi connectivity index (χ0n) is 17.8. The van der Waals surface area contributed by atoms with Crippen LogP contribution in [0.3, 0.4) is 0 Å². The van der Waals surface area contributed by atoms with E-state index in [-0.39, 0.29) is 12.2 Å². The Morgan fingerprint density at radius 1 is 1.26 bits per heavy atom. The van der Waals surface area contributed by atoms with E-state index in [9.17, 15) is 14.8 Å². The fourth-order valence-corrected chi connectivity index (χ4v) is 4.46. The molecule has 0 aliphatic carbocycles. The number of nitroso groups, excluding NO2 is 1. The Morgan fingerprint density at radius 3 is 2.65 bits per heavy atom. The maximum atomic E-state index is 11.1. The second-order valence-electron chi connectivity index (χ2n) is 7.15. The van der Waals surface area contributed by atoms with E-state index in [0.29, 0.717) is 46.9 Å². The summed E-state index contributed by atoms with van der Waals surface area (Å²) in [4.78, 5) is 22.8. The van der Waals surface area contributed by atoms with Crippen LogP contribution in [0.5, 0.6) is 11.5 Å². The van der Waals surface area contributed by atoms with E-state index in [1.165, 1.54) is 0 Å². The minimum absolute atomic E-state index is 0.0495. The average Bonchev–Trinajstić information content (AvgIpc) is 2.73. The second kappa shape index (κ2) is 12.6. The molecule has 168 valence electrons. The van der Waals surface area contributed by atoms with Crippen molar-refractivity contribution in [1.82, 2.24) is 0 Å². The Hall–Kier alpha value is -2.25. The lowest BCUT2D eigenvalue weighted by Crippen LogP contribution is -2.04. The van der Waals surface area contributed by atoms with Crippen LogP contribution >= 0.6 is 23.4 Å². The van der Waals surface area contributed by atoms with Crippen LogP contribution in [0.25, 0.3) is 0 Å². The van der Waals surface area contributed by atoms with Crippen LogP contribution in [0.2, 0.25) is 5.02 Å². The molecule has 0 spiro atoms. The summed E-state index contributed by atoms with van der Waals surface area (Å²) in [6, 6.07) is 8.26. The summed E-state index contributed by atoms with van der Waals surface area (Å²) in [7, 11) is 0. The minimum atomic E-state index is -0.886. The molecule has 0 radical (unpaired) electrons. The summed E-state index contributed by atoms with van der Waals surface area (Å²) in [5.74, 6) is 0.624. The van der Waals surface area contributed by atoms with E-state index in [0.717, 1.165) is 23.5 Å². The number of hydrogen-bond donors (Lipinski definition) is 2. The first-order chi connectivity index (χ1) is 14.9. The van der Waals surface area contributed by atoms with Crippen molar-refractivity contribution < 1.29 is 19.7 Å². The van der Waals surface area contributed by atoms with Crippen molar-refractivity contribution in [2.45, 2.75) is 56.9 Å². The van der Waals surface area contributed by atoms with Crippen molar-refractivity contribution in [3.63, 3.8) is 0 Å². The number of carbonyl (C=O) groups is 1. The van der Waals surface area contributed by atoms with E-state index in [1.807, 2.05) is 19.9 Å². The molecule has 0 aromatic heterocycles. The number of rotatable bonds is 13. The van der Waals surface area contributed by atoms with Crippen molar-refractivity contribution in [3.05, 3.63) is 57.0 Å². The molecule has 0 saturated carbocycles. The highest BCUT2D eigenvalue weighted by Crippen LogP contribution is 2.38. The number of aromatic hydroxyl groups is 1. The Labute approximate surface area is 191 Å². The van der Waals surface area contributed by atoms with Gasteiger partial charge in [-0.1, -0.05) is 43.1 Å². The van der Waals surface area contributed by atoms with Gasteiger partial charge in [0.05, 0.1) is 18.1 Å². The van der Waals surface area contributed by atoms with Gasteiger partial charge in [-0.25, -0.2) is 0 Å². The number of nitrogens with zero attached hydrogens (tertiary/aromatic N) is 1. The van der Waals surface area contributed by atoms with E-state index in [2.05, 4.69) is 5.18 Å². The highest BCUT2D eigenvalue weighted by molar-refractivity contribution is 7.99. The molecule has 0 heterocycles. The number of benzene rings is 2. The predicted octanol–water partition coefficient (Wildman–Crippen LogP) is 6.40. The average molecular weight is 466 g/mol. The first-order valence-electron chi connectivity index (χ1n) is 10.3. The van der Waals surface area contributed by atoms with Crippen LogP contribution < -0.4 is 4.74 Å². The third-order valence-electron chi connectivity index (χ3n) is 4.80. The Bertz CT molecular complexity index is 906. The van der Waals surface area contributed by atoms with Crippen LogP contribution in [0.4, 0.5) is 0 Å². The molecule has 6 nitrogen and oxygen atoms in total. The second-order valence-corrected chi connectivity index (χ2v) is 8.69. The quantitative estimate of drug-likeness (QED) is 0.202. The largest absolute Gasteiger partial charge is 0.507 e. The Kier molecular flexibility index (Phi) is 10.1. The van der Waals surface area contributed by atoms with E-state index < -0.39 is 12.0 Å². The van der Waals surface area contributed by atoms with Gasteiger partial charge in [-0.3, -0.25) is 4.79 Å². The number of aliphatic carboxylic acids is 1. The molecule has 2 aromatic carbocycles. The molecule has 2 N–H and O–H groups in total. The maximum Gasteiger partial charge on any atom is 0.307 e. The maximum absolute atomic E-state index is 11.1. The summed E-state index contributed by atoms with van der Waals surface area (Å²) < 4.78 is 5.92. The van der Waals surface area contributed by atoms with E-state index in [4.69, 9.17) is 21.4 Å². The Morgan fingerprint density at radius 2 is 2.03 bits per heavy atom.